The monoisotopic (exact) mass is 788 g/mol. The molecule has 0 aromatic heterocycles. The molecule has 2 N–H and O–H groups in total. The molecule has 4 aromatic rings. The fraction of sp³-hybridized carbons (Fsp3) is 0.412. The van der Waals surface area contributed by atoms with Crippen LogP contribution < -0.4 is 4.74 Å². The summed E-state index contributed by atoms with van der Waals surface area (Å²) in [5.74, 6) is -0.0505. The topological polar surface area (TPSA) is 102 Å². The lowest BCUT2D eigenvalue weighted by molar-refractivity contribution is -0.139. The summed E-state index contributed by atoms with van der Waals surface area (Å²) in [4.78, 5) is 24.2. The van der Waals surface area contributed by atoms with Crippen molar-refractivity contribution < 1.29 is 34.0 Å². The van der Waals surface area contributed by atoms with Gasteiger partial charge in [-0.25, -0.2) is 4.79 Å². The number of Topliss-reactive ketones (excluding diaryl/α,β-unsaturated/α-hetero) is 1. The maximum absolute atomic E-state index is 12.1. The van der Waals surface area contributed by atoms with Gasteiger partial charge >= 0.3 is 5.97 Å². The lowest BCUT2D eigenvalue weighted by Crippen LogP contribution is -2.16. The molecule has 0 aliphatic heterocycles. The van der Waals surface area contributed by atoms with Gasteiger partial charge in [0.15, 0.2) is 5.78 Å². The molecule has 0 atom stereocenters. The summed E-state index contributed by atoms with van der Waals surface area (Å²) in [6.07, 6.45) is 8.65. The first kappa shape index (κ1) is 45.9. The third-order valence-corrected chi connectivity index (χ3v) is 10.5. The highest BCUT2D eigenvalue weighted by Crippen LogP contribution is 2.37. The molecule has 58 heavy (non-hydrogen) atoms. The standard InChI is InChI=1S/C51H64O7/c1-7-9-10-13-38-16-18-41(19-17-38)42-20-22-43(23-21-42)44-24-25-48(40(8-2)30-44)47-31-45(14-11-27-56-35-49(54)36(3)4)50(57-29-26-39(33-52)34-53)46(32-47)15-12-28-58-51(55)37(5)6/h16-25,30-32,39,52-53H,3,5,7-15,26-29,33-35H2,1-2,4,6H3. The summed E-state index contributed by atoms with van der Waals surface area (Å²) >= 11 is 0. The first-order chi connectivity index (χ1) is 28.1. The SMILES string of the molecule is C=C(C)C(=O)COCCCc1cc(-c2ccc(-c3ccc(-c4ccc(CCCCC)cc4)cc3)cc2CC)cc(CCCOC(=O)C(=C)C)c1OCCC(CO)CO. The van der Waals surface area contributed by atoms with E-state index < -0.39 is 5.97 Å². The quantitative estimate of drug-likeness (QED) is 0.0371. The number of aliphatic hydroxyl groups excluding tert-OH is 2. The summed E-state index contributed by atoms with van der Waals surface area (Å²) in [5.41, 5.74) is 12.4. The van der Waals surface area contributed by atoms with Crippen LogP contribution in [0.4, 0.5) is 0 Å². The van der Waals surface area contributed by atoms with E-state index in [9.17, 15) is 19.8 Å². The minimum atomic E-state index is -0.413. The van der Waals surface area contributed by atoms with E-state index >= 15 is 0 Å². The molecule has 7 heteroatoms. The first-order valence-electron chi connectivity index (χ1n) is 21.0. The van der Waals surface area contributed by atoms with E-state index in [0.717, 1.165) is 52.0 Å². The second-order valence-corrected chi connectivity index (χ2v) is 15.3. The van der Waals surface area contributed by atoms with Crippen LogP contribution in [0, 0.1) is 5.92 Å². The van der Waals surface area contributed by atoms with Gasteiger partial charge in [-0.3, -0.25) is 4.79 Å². The second kappa shape index (κ2) is 24.2. The van der Waals surface area contributed by atoms with Gasteiger partial charge in [0.05, 0.1) is 13.2 Å². The maximum Gasteiger partial charge on any atom is 0.333 e. The number of benzene rings is 4. The molecule has 310 valence electrons. The van der Waals surface area contributed by atoms with Crippen LogP contribution in [0.5, 0.6) is 5.75 Å². The highest BCUT2D eigenvalue weighted by molar-refractivity contribution is 5.95. The van der Waals surface area contributed by atoms with Gasteiger partial charge in [0.1, 0.15) is 12.4 Å². The van der Waals surface area contributed by atoms with Crippen LogP contribution in [0.2, 0.25) is 0 Å². The van der Waals surface area contributed by atoms with Gasteiger partial charge in [-0.1, -0.05) is 107 Å². The lowest BCUT2D eigenvalue weighted by atomic mass is 9.89. The Morgan fingerprint density at radius 2 is 1.21 bits per heavy atom. The predicted octanol–water partition coefficient (Wildman–Crippen LogP) is 10.5. The number of aliphatic hydroxyl groups is 2. The van der Waals surface area contributed by atoms with Crippen LogP contribution in [0.3, 0.4) is 0 Å². The van der Waals surface area contributed by atoms with E-state index in [1.807, 2.05) is 0 Å². The molecule has 0 fully saturated rings. The highest BCUT2D eigenvalue weighted by atomic mass is 16.5. The largest absolute Gasteiger partial charge is 0.493 e. The van der Waals surface area contributed by atoms with Gasteiger partial charge < -0.3 is 24.4 Å². The fourth-order valence-corrected chi connectivity index (χ4v) is 6.88. The molecular weight excluding hydrogens is 725 g/mol. The molecule has 0 saturated carbocycles. The molecule has 0 aliphatic carbocycles. The van der Waals surface area contributed by atoms with Gasteiger partial charge in [0.25, 0.3) is 0 Å². The van der Waals surface area contributed by atoms with Crippen molar-refractivity contribution in [3.05, 3.63) is 125 Å². The van der Waals surface area contributed by atoms with Crippen molar-refractivity contribution >= 4 is 11.8 Å². The Hall–Kier alpha value is -4.82. The van der Waals surface area contributed by atoms with Gasteiger partial charge in [0.2, 0.25) is 0 Å². The smallest absolute Gasteiger partial charge is 0.333 e. The number of unbranched alkanes of at least 4 members (excludes halogenated alkanes) is 2. The molecule has 4 rings (SSSR count). The molecule has 4 aromatic carbocycles. The number of rotatable bonds is 26. The Morgan fingerprint density at radius 1 is 0.638 bits per heavy atom. The first-order valence-corrected chi connectivity index (χ1v) is 21.0. The molecule has 0 unspecified atom stereocenters. The highest BCUT2D eigenvalue weighted by Gasteiger charge is 2.18. The zero-order valence-corrected chi connectivity index (χ0v) is 35.2. The van der Waals surface area contributed by atoms with Gasteiger partial charge in [-0.05, 0) is 139 Å². The molecule has 0 bridgehead atoms. The van der Waals surface area contributed by atoms with Crippen LogP contribution in [0.1, 0.15) is 88.5 Å². The molecule has 7 nitrogen and oxygen atoms in total. The third kappa shape index (κ3) is 13.9. The summed E-state index contributed by atoms with van der Waals surface area (Å²) < 4.78 is 17.6. The van der Waals surface area contributed by atoms with Gasteiger partial charge in [-0.15, -0.1) is 0 Å². The second-order valence-electron chi connectivity index (χ2n) is 15.3. The van der Waals surface area contributed by atoms with E-state index in [-0.39, 0.29) is 38.1 Å². The zero-order chi connectivity index (χ0) is 41.9. The Kier molecular flexibility index (Phi) is 19.1. The van der Waals surface area contributed by atoms with Gasteiger partial charge in [-0.2, -0.15) is 0 Å². The Labute approximate surface area is 346 Å². The van der Waals surface area contributed by atoms with E-state index in [2.05, 4.69) is 106 Å². The number of hydrogen-bond donors (Lipinski definition) is 2. The van der Waals surface area contributed by atoms with Crippen molar-refractivity contribution in [2.24, 2.45) is 5.92 Å². The number of carbonyl (C=O) groups excluding carboxylic acids is 2. The average Bonchev–Trinajstić information content (AvgIpc) is 3.24. The number of carbonyl (C=O) groups is 2. The minimum absolute atomic E-state index is 0.00217. The minimum Gasteiger partial charge on any atom is -0.493 e. The van der Waals surface area contributed by atoms with Crippen LogP contribution in [-0.4, -0.2) is 61.6 Å². The molecule has 0 saturated heterocycles. The number of aryl methyl sites for hydroxylation is 4. The zero-order valence-electron chi connectivity index (χ0n) is 35.2. The normalized spacial score (nSPS) is 11.2. The molecule has 0 heterocycles. The molecule has 0 aliphatic rings. The van der Waals surface area contributed by atoms with Crippen molar-refractivity contribution in [1.82, 2.24) is 0 Å². The summed E-state index contributed by atoms with van der Waals surface area (Å²) in [7, 11) is 0. The van der Waals surface area contributed by atoms with Crippen LogP contribution in [0.15, 0.2) is 103 Å². The van der Waals surface area contributed by atoms with Crippen LogP contribution >= 0.6 is 0 Å². The van der Waals surface area contributed by atoms with Crippen molar-refractivity contribution in [2.75, 3.05) is 39.6 Å². The van der Waals surface area contributed by atoms with Crippen molar-refractivity contribution in [3.8, 4) is 39.1 Å². The van der Waals surface area contributed by atoms with Crippen molar-refractivity contribution in [2.45, 2.75) is 91.9 Å². The molecule has 0 spiro atoms. The van der Waals surface area contributed by atoms with Crippen LogP contribution in [0.25, 0.3) is 33.4 Å². The number of ether oxygens (including phenoxy) is 3. The van der Waals surface area contributed by atoms with E-state index in [1.165, 1.54) is 41.5 Å². The summed E-state index contributed by atoms with van der Waals surface area (Å²) in [6.45, 7) is 15.8. The van der Waals surface area contributed by atoms with E-state index in [1.54, 1.807) is 13.8 Å². The Morgan fingerprint density at radius 3 is 1.78 bits per heavy atom. The Bertz CT molecular complexity index is 1940. The Balaban J connectivity index is 1.65. The molecule has 0 radical (unpaired) electrons. The van der Waals surface area contributed by atoms with E-state index in [4.69, 9.17) is 14.2 Å². The van der Waals surface area contributed by atoms with Crippen LogP contribution in [-0.2, 0) is 44.7 Å². The number of hydrogen-bond acceptors (Lipinski definition) is 7. The number of esters is 1. The lowest BCUT2D eigenvalue weighted by Gasteiger charge is -2.21. The predicted molar refractivity (Wildman–Crippen MR) is 236 cm³/mol. The summed E-state index contributed by atoms with van der Waals surface area (Å²) in [6, 6.07) is 28.8. The van der Waals surface area contributed by atoms with Gasteiger partial charge in [0, 0.05) is 31.3 Å². The van der Waals surface area contributed by atoms with E-state index in [0.29, 0.717) is 56.5 Å². The fourth-order valence-electron chi connectivity index (χ4n) is 6.88. The average molecular weight is 789 g/mol. The van der Waals surface area contributed by atoms with Crippen molar-refractivity contribution in [1.29, 1.82) is 0 Å². The third-order valence-electron chi connectivity index (χ3n) is 10.5. The number of ketones is 1. The maximum atomic E-state index is 12.1. The summed E-state index contributed by atoms with van der Waals surface area (Å²) in [5, 5.41) is 19.4. The van der Waals surface area contributed by atoms with Crippen molar-refractivity contribution in [3.63, 3.8) is 0 Å². The molecular formula is C51H64O7. The molecule has 0 amide bonds.